The maximum Gasteiger partial charge on any atom is 0.275 e. The SMILES string of the molecule is Cc1[nH]nc(C(=O)N2CCC[C@H](c3ccn[nH]3)C2)c1Br. The molecule has 1 saturated heterocycles. The summed E-state index contributed by atoms with van der Waals surface area (Å²) < 4.78 is 0.756. The van der Waals surface area contributed by atoms with E-state index in [1.54, 1.807) is 6.20 Å². The molecule has 1 amide bonds. The van der Waals surface area contributed by atoms with Crippen molar-refractivity contribution in [2.75, 3.05) is 13.1 Å². The summed E-state index contributed by atoms with van der Waals surface area (Å²) in [4.78, 5) is 14.4. The fourth-order valence-corrected chi connectivity index (χ4v) is 2.96. The Balaban J connectivity index is 1.77. The van der Waals surface area contributed by atoms with Gasteiger partial charge in [0, 0.05) is 36.6 Å². The van der Waals surface area contributed by atoms with E-state index < -0.39 is 0 Å². The normalized spacial score (nSPS) is 19.3. The Morgan fingerprint density at radius 3 is 3.00 bits per heavy atom. The predicted molar refractivity (Wildman–Crippen MR) is 77.5 cm³/mol. The van der Waals surface area contributed by atoms with Gasteiger partial charge in [-0.15, -0.1) is 0 Å². The van der Waals surface area contributed by atoms with E-state index in [-0.39, 0.29) is 5.91 Å². The van der Waals surface area contributed by atoms with E-state index in [1.807, 2.05) is 17.9 Å². The van der Waals surface area contributed by atoms with E-state index in [4.69, 9.17) is 0 Å². The third-order valence-corrected chi connectivity index (χ3v) is 4.72. The van der Waals surface area contributed by atoms with Crippen molar-refractivity contribution in [3.05, 3.63) is 33.8 Å². The molecule has 2 N–H and O–H groups in total. The van der Waals surface area contributed by atoms with E-state index in [1.165, 1.54) is 0 Å². The Morgan fingerprint density at radius 2 is 2.35 bits per heavy atom. The van der Waals surface area contributed by atoms with Crippen molar-refractivity contribution in [3.8, 4) is 0 Å². The van der Waals surface area contributed by atoms with Gasteiger partial charge in [0.15, 0.2) is 5.69 Å². The van der Waals surface area contributed by atoms with Crippen molar-refractivity contribution < 1.29 is 4.79 Å². The number of aromatic nitrogens is 4. The summed E-state index contributed by atoms with van der Waals surface area (Å²) >= 11 is 3.41. The van der Waals surface area contributed by atoms with Gasteiger partial charge in [0.25, 0.3) is 5.91 Å². The van der Waals surface area contributed by atoms with Crippen LogP contribution in [0.3, 0.4) is 0 Å². The highest BCUT2D eigenvalue weighted by molar-refractivity contribution is 9.10. The van der Waals surface area contributed by atoms with Crippen molar-refractivity contribution >= 4 is 21.8 Å². The zero-order chi connectivity index (χ0) is 14.1. The quantitative estimate of drug-likeness (QED) is 0.881. The molecule has 1 aliphatic rings. The van der Waals surface area contributed by atoms with Gasteiger partial charge >= 0.3 is 0 Å². The topological polar surface area (TPSA) is 77.7 Å². The number of rotatable bonds is 2. The number of piperidine rings is 1. The summed E-state index contributed by atoms with van der Waals surface area (Å²) in [5, 5.41) is 13.9. The highest BCUT2D eigenvalue weighted by Gasteiger charge is 2.28. The molecule has 106 valence electrons. The van der Waals surface area contributed by atoms with Crippen molar-refractivity contribution in [1.82, 2.24) is 25.3 Å². The van der Waals surface area contributed by atoms with Crippen LogP contribution in [0.1, 0.15) is 40.6 Å². The van der Waals surface area contributed by atoms with Gasteiger partial charge in [-0.05, 0) is 41.8 Å². The van der Waals surface area contributed by atoms with Crippen LogP contribution in [0.2, 0.25) is 0 Å². The molecule has 1 atom stereocenters. The summed E-state index contributed by atoms with van der Waals surface area (Å²) in [5.41, 5.74) is 2.43. The molecule has 0 aliphatic carbocycles. The summed E-state index contributed by atoms with van der Waals surface area (Å²) in [6, 6.07) is 1.98. The van der Waals surface area contributed by atoms with Gasteiger partial charge in [0.2, 0.25) is 0 Å². The highest BCUT2D eigenvalue weighted by Crippen LogP contribution is 2.27. The fourth-order valence-electron chi connectivity index (χ4n) is 2.62. The maximum atomic E-state index is 12.5. The van der Waals surface area contributed by atoms with E-state index in [0.717, 1.165) is 35.2 Å². The Bertz CT molecular complexity index is 606. The first-order chi connectivity index (χ1) is 9.66. The molecule has 0 aromatic carbocycles. The summed E-state index contributed by atoms with van der Waals surface area (Å²) in [6.07, 6.45) is 3.83. The van der Waals surface area contributed by atoms with Crippen LogP contribution in [0.25, 0.3) is 0 Å². The molecule has 0 spiro atoms. The smallest absolute Gasteiger partial charge is 0.275 e. The number of nitrogens with one attached hydrogen (secondary N) is 2. The second kappa shape index (κ2) is 5.40. The van der Waals surface area contributed by atoms with E-state index in [2.05, 4.69) is 36.3 Å². The number of carbonyl (C=O) groups excluding carboxylic acids is 1. The maximum absolute atomic E-state index is 12.5. The first kappa shape index (κ1) is 13.4. The molecular formula is C13H16BrN5O. The van der Waals surface area contributed by atoms with Crippen LogP contribution in [0, 0.1) is 6.92 Å². The molecule has 1 fully saturated rings. The van der Waals surface area contributed by atoms with E-state index in [9.17, 15) is 4.79 Å². The van der Waals surface area contributed by atoms with Crippen LogP contribution in [-0.4, -0.2) is 44.3 Å². The number of aromatic amines is 2. The first-order valence-electron chi connectivity index (χ1n) is 6.66. The number of aryl methyl sites for hydroxylation is 1. The molecule has 2 aromatic rings. The lowest BCUT2D eigenvalue weighted by Gasteiger charge is -2.31. The van der Waals surface area contributed by atoms with Crippen LogP contribution >= 0.6 is 15.9 Å². The third-order valence-electron chi connectivity index (χ3n) is 3.75. The molecule has 0 saturated carbocycles. The molecule has 1 aliphatic heterocycles. The number of carbonyl (C=O) groups is 1. The van der Waals surface area contributed by atoms with Crippen LogP contribution in [0.5, 0.6) is 0 Å². The van der Waals surface area contributed by atoms with E-state index in [0.29, 0.717) is 18.2 Å². The monoisotopic (exact) mass is 337 g/mol. The number of nitrogens with zero attached hydrogens (tertiary/aromatic N) is 3. The Hall–Kier alpha value is -1.63. The molecule has 6 nitrogen and oxygen atoms in total. The Kier molecular flexibility index (Phi) is 3.60. The third kappa shape index (κ3) is 2.37. The minimum absolute atomic E-state index is 0.0227. The second-order valence-corrected chi connectivity index (χ2v) is 5.91. The molecule has 2 aromatic heterocycles. The number of hydrogen-bond donors (Lipinski definition) is 2. The van der Waals surface area contributed by atoms with Gasteiger partial charge in [-0.25, -0.2) is 0 Å². The molecule has 0 radical (unpaired) electrons. The second-order valence-electron chi connectivity index (χ2n) is 5.11. The summed E-state index contributed by atoms with van der Waals surface area (Å²) in [6.45, 7) is 3.37. The molecule has 3 rings (SSSR count). The Morgan fingerprint density at radius 1 is 1.50 bits per heavy atom. The van der Waals surface area contributed by atoms with Gasteiger partial charge in [-0.3, -0.25) is 15.0 Å². The highest BCUT2D eigenvalue weighted by atomic mass is 79.9. The number of hydrogen-bond acceptors (Lipinski definition) is 3. The summed E-state index contributed by atoms with van der Waals surface area (Å²) in [5.74, 6) is 0.305. The Labute approximate surface area is 125 Å². The van der Waals surface area contributed by atoms with Gasteiger partial charge in [0.05, 0.1) is 4.47 Å². The molecule has 20 heavy (non-hydrogen) atoms. The lowest BCUT2D eigenvalue weighted by molar-refractivity contribution is 0.0699. The number of halogens is 1. The molecular weight excluding hydrogens is 322 g/mol. The largest absolute Gasteiger partial charge is 0.337 e. The molecule has 0 bridgehead atoms. The van der Waals surface area contributed by atoms with E-state index >= 15 is 0 Å². The van der Waals surface area contributed by atoms with Gasteiger partial charge in [-0.2, -0.15) is 10.2 Å². The standard InChI is InChI=1S/C13H16BrN5O/c1-8-11(14)12(18-16-8)13(20)19-6-2-3-9(7-19)10-4-5-15-17-10/h4-5,9H,2-3,6-7H2,1H3,(H,15,17)(H,16,18)/t9-/m0/s1. The summed E-state index contributed by atoms with van der Waals surface area (Å²) in [7, 11) is 0. The minimum Gasteiger partial charge on any atom is -0.337 e. The van der Waals surface area contributed by atoms with Crippen molar-refractivity contribution in [1.29, 1.82) is 0 Å². The van der Waals surface area contributed by atoms with Crippen LogP contribution in [-0.2, 0) is 0 Å². The predicted octanol–water partition coefficient (Wildman–Crippen LogP) is 2.22. The van der Waals surface area contributed by atoms with Crippen LogP contribution < -0.4 is 0 Å². The lowest BCUT2D eigenvalue weighted by atomic mass is 9.95. The first-order valence-corrected chi connectivity index (χ1v) is 7.45. The average Bonchev–Trinajstić information content (AvgIpc) is 3.10. The van der Waals surface area contributed by atoms with Crippen LogP contribution in [0.4, 0.5) is 0 Å². The fraction of sp³-hybridized carbons (Fsp3) is 0.462. The zero-order valence-corrected chi connectivity index (χ0v) is 12.8. The number of likely N-dealkylation sites (tertiary alicyclic amines) is 1. The molecule has 7 heteroatoms. The van der Waals surface area contributed by atoms with Gasteiger partial charge in [0.1, 0.15) is 0 Å². The lowest BCUT2D eigenvalue weighted by Crippen LogP contribution is -2.39. The van der Waals surface area contributed by atoms with Crippen molar-refractivity contribution in [3.63, 3.8) is 0 Å². The average molecular weight is 338 g/mol. The number of H-pyrrole nitrogens is 2. The molecule has 0 unspecified atom stereocenters. The van der Waals surface area contributed by atoms with Crippen molar-refractivity contribution in [2.24, 2.45) is 0 Å². The van der Waals surface area contributed by atoms with Gasteiger partial charge < -0.3 is 4.90 Å². The van der Waals surface area contributed by atoms with Gasteiger partial charge in [-0.1, -0.05) is 0 Å². The van der Waals surface area contributed by atoms with Crippen molar-refractivity contribution in [2.45, 2.75) is 25.7 Å². The van der Waals surface area contributed by atoms with Crippen LogP contribution in [0.15, 0.2) is 16.7 Å². The number of amides is 1. The molecule has 3 heterocycles. The zero-order valence-electron chi connectivity index (χ0n) is 11.2. The minimum atomic E-state index is -0.0227.